The highest BCUT2D eigenvalue weighted by molar-refractivity contribution is 5.97. The van der Waals surface area contributed by atoms with Gasteiger partial charge in [-0.25, -0.2) is 13.5 Å². The average molecular weight is 491 g/mol. The van der Waals surface area contributed by atoms with E-state index < -0.39 is 0 Å². The first-order valence-corrected chi connectivity index (χ1v) is 12.1. The Labute approximate surface area is 208 Å². The second-order valence-corrected chi connectivity index (χ2v) is 8.77. The van der Waals surface area contributed by atoms with E-state index in [1.807, 2.05) is 41.2 Å². The number of rotatable bonds is 8. The molecule has 1 fully saturated rings. The summed E-state index contributed by atoms with van der Waals surface area (Å²) < 4.78 is 30.0. The van der Waals surface area contributed by atoms with E-state index in [9.17, 15) is 13.6 Å². The fraction of sp³-hybridized carbons (Fsp3) is 0.259. The Morgan fingerprint density at radius 1 is 0.861 bits per heavy atom. The molecule has 1 amide bonds. The molecule has 1 saturated heterocycles. The van der Waals surface area contributed by atoms with Crippen LogP contribution < -0.4 is 10.2 Å². The number of carbonyl (C=O) groups excluding carboxylic acids is 1. The maximum Gasteiger partial charge on any atom is 0.256 e. The quantitative estimate of drug-likeness (QED) is 0.381. The Morgan fingerprint density at radius 3 is 2.11 bits per heavy atom. The molecule has 3 heterocycles. The summed E-state index contributed by atoms with van der Waals surface area (Å²) in [5.41, 5.74) is 2.16. The first-order chi connectivity index (χ1) is 17.6. The van der Waals surface area contributed by atoms with Crippen LogP contribution in [0, 0.1) is 11.6 Å². The molecule has 4 aromatic rings. The molecule has 7 nitrogen and oxygen atoms in total. The van der Waals surface area contributed by atoms with Gasteiger partial charge in [-0.2, -0.15) is 5.10 Å². The lowest BCUT2D eigenvalue weighted by Crippen LogP contribution is -2.47. The van der Waals surface area contributed by atoms with Crippen molar-refractivity contribution in [2.45, 2.75) is 6.42 Å². The van der Waals surface area contributed by atoms with Gasteiger partial charge in [-0.15, -0.1) is 0 Å². The molecule has 9 heteroatoms. The molecule has 1 aliphatic heterocycles. The lowest BCUT2D eigenvalue weighted by molar-refractivity contribution is 0.0951. The molecule has 0 bridgehead atoms. The Kier molecular flexibility index (Phi) is 7.08. The van der Waals surface area contributed by atoms with Crippen LogP contribution in [0.1, 0.15) is 16.8 Å². The number of nitrogens with one attached hydrogen (secondary N) is 1. The second kappa shape index (κ2) is 10.7. The third-order valence-corrected chi connectivity index (χ3v) is 6.41. The molecule has 1 N–H and O–H groups in total. The van der Waals surface area contributed by atoms with Gasteiger partial charge in [0.05, 0.1) is 11.9 Å². The van der Waals surface area contributed by atoms with Gasteiger partial charge in [0.1, 0.15) is 17.2 Å². The van der Waals surface area contributed by atoms with E-state index in [1.54, 1.807) is 23.0 Å². The van der Waals surface area contributed by atoms with Crippen molar-refractivity contribution in [3.63, 3.8) is 0 Å². The fourth-order valence-electron chi connectivity index (χ4n) is 4.48. The third kappa shape index (κ3) is 5.31. The van der Waals surface area contributed by atoms with Gasteiger partial charge in [0, 0.05) is 50.8 Å². The number of hydrogen-bond donors (Lipinski definition) is 1. The standard InChI is InChI=1S/C27H28F2N6O/c28-21-4-8-23(9-5-21)33-18-16-32(17-19-33)13-3-12-30-26(36)25-20-31-35(24-10-6-22(29)7-11-24)27(25)34-14-1-2-15-34/h1-2,4-11,14-15,20H,3,12-13,16-19H2,(H,30,36). The van der Waals surface area contributed by atoms with Gasteiger partial charge in [0.2, 0.25) is 0 Å². The summed E-state index contributed by atoms with van der Waals surface area (Å²) in [7, 11) is 0. The number of anilines is 1. The maximum atomic E-state index is 13.4. The van der Waals surface area contributed by atoms with E-state index in [-0.39, 0.29) is 17.5 Å². The van der Waals surface area contributed by atoms with Crippen molar-refractivity contribution in [3.05, 3.63) is 96.5 Å². The van der Waals surface area contributed by atoms with Crippen LogP contribution in [-0.4, -0.2) is 64.4 Å². The summed E-state index contributed by atoms with van der Waals surface area (Å²) in [5, 5.41) is 7.43. The van der Waals surface area contributed by atoms with Gasteiger partial charge in [-0.1, -0.05) is 0 Å². The predicted octanol–water partition coefficient (Wildman–Crippen LogP) is 3.88. The average Bonchev–Trinajstić information content (AvgIpc) is 3.58. The second-order valence-electron chi connectivity index (χ2n) is 8.77. The minimum atomic E-state index is -0.330. The highest BCUT2D eigenvalue weighted by atomic mass is 19.1. The molecular formula is C27H28F2N6O. The van der Waals surface area contributed by atoms with Crippen LogP contribution in [0.25, 0.3) is 11.5 Å². The van der Waals surface area contributed by atoms with Gasteiger partial charge < -0.3 is 14.8 Å². The largest absolute Gasteiger partial charge is 0.369 e. The summed E-state index contributed by atoms with van der Waals surface area (Å²) in [6, 6.07) is 16.4. The van der Waals surface area contributed by atoms with Crippen LogP contribution in [0.5, 0.6) is 0 Å². The van der Waals surface area contributed by atoms with Crippen molar-refractivity contribution >= 4 is 11.6 Å². The molecule has 5 rings (SSSR count). The molecule has 36 heavy (non-hydrogen) atoms. The minimum Gasteiger partial charge on any atom is -0.369 e. The lowest BCUT2D eigenvalue weighted by atomic mass is 10.2. The molecule has 1 aliphatic rings. The SMILES string of the molecule is O=C(NCCCN1CCN(c2ccc(F)cc2)CC1)c1cnn(-c2ccc(F)cc2)c1-n1cccc1. The van der Waals surface area contributed by atoms with Crippen molar-refractivity contribution in [1.82, 2.24) is 24.6 Å². The summed E-state index contributed by atoms with van der Waals surface area (Å²) in [6.45, 7) is 5.06. The number of carbonyl (C=O) groups is 1. The smallest absolute Gasteiger partial charge is 0.256 e. The zero-order chi connectivity index (χ0) is 24.9. The van der Waals surface area contributed by atoms with E-state index in [0.717, 1.165) is 44.8 Å². The van der Waals surface area contributed by atoms with Crippen LogP contribution in [0.3, 0.4) is 0 Å². The highest BCUT2D eigenvalue weighted by Gasteiger charge is 2.20. The number of piperazine rings is 1. The van der Waals surface area contributed by atoms with Gasteiger partial charge in [0.25, 0.3) is 5.91 Å². The molecule has 0 unspecified atom stereocenters. The zero-order valence-corrected chi connectivity index (χ0v) is 19.9. The Morgan fingerprint density at radius 2 is 1.47 bits per heavy atom. The van der Waals surface area contributed by atoms with Gasteiger partial charge >= 0.3 is 0 Å². The Hall–Kier alpha value is -3.98. The van der Waals surface area contributed by atoms with Gasteiger partial charge in [0.15, 0.2) is 5.82 Å². The molecule has 0 radical (unpaired) electrons. The fourth-order valence-corrected chi connectivity index (χ4v) is 4.48. The van der Waals surface area contributed by atoms with Crippen molar-refractivity contribution in [2.24, 2.45) is 0 Å². The molecule has 2 aromatic carbocycles. The van der Waals surface area contributed by atoms with Crippen molar-refractivity contribution < 1.29 is 13.6 Å². The maximum absolute atomic E-state index is 13.4. The van der Waals surface area contributed by atoms with Crippen LogP contribution in [0.4, 0.5) is 14.5 Å². The molecule has 2 aromatic heterocycles. The molecule has 0 spiro atoms. The zero-order valence-electron chi connectivity index (χ0n) is 19.9. The monoisotopic (exact) mass is 490 g/mol. The summed E-state index contributed by atoms with van der Waals surface area (Å²) in [5.74, 6) is -0.153. The van der Waals surface area contributed by atoms with Crippen LogP contribution in [-0.2, 0) is 0 Å². The van der Waals surface area contributed by atoms with E-state index in [0.29, 0.717) is 23.6 Å². The third-order valence-electron chi connectivity index (χ3n) is 6.41. The minimum absolute atomic E-state index is 0.201. The molecular weight excluding hydrogens is 462 g/mol. The van der Waals surface area contributed by atoms with E-state index >= 15 is 0 Å². The van der Waals surface area contributed by atoms with Crippen LogP contribution in [0.15, 0.2) is 79.3 Å². The topological polar surface area (TPSA) is 58.3 Å². The van der Waals surface area contributed by atoms with Crippen LogP contribution in [0.2, 0.25) is 0 Å². The van der Waals surface area contributed by atoms with Crippen LogP contribution >= 0.6 is 0 Å². The lowest BCUT2D eigenvalue weighted by Gasteiger charge is -2.36. The summed E-state index contributed by atoms with van der Waals surface area (Å²) in [6.07, 6.45) is 6.06. The Balaban J connectivity index is 1.15. The normalized spacial score (nSPS) is 14.2. The molecule has 186 valence electrons. The first-order valence-electron chi connectivity index (χ1n) is 12.1. The molecule has 0 saturated carbocycles. The van der Waals surface area contributed by atoms with E-state index in [4.69, 9.17) is 0 Å². The van der Waals surface area contributed by atoms with E-state index in [1.165, 1.54) is 24.3 Å². The molecule has 0 atom stereocenters. The first kappa shape index (κ1) is 23.7. The van der Waals surface area contributed by atoms with Crippen molar-refractivity contribution in [2.75, 3.05) is 44.2 Å². The van der Waals surface area contributed by atoms with Crippen molar-refractivity contribution in [3.8, 4) is 11.5 Å². The number of benzene rings is 2. The summed E-state index contributed by atoms with van der Waals surface area (Å²) in [4.78, 5) is 17.7. The Bertz CT molecular complexity index is 1280. The number of amides is 1. The van der Waals surface area contributed by atoms with E-state index in [2.05, 4.69) is 20.2 Å². The van der Waals surface area contributed by atoms with Gasteiger partial charge in [-0.3, -0.25) is 9.69 Å². The predicted molar refractivity (Wildman–Crippen MR) is 135 cm³/mol. The van der Waals surface area contributed by atoms with Crippen molar-refractivity contribution in [1.29, 1.82) is 0 Å². The highest BCUT2D eigenvalue weighted by Crippen LogP contribution is 2.20. The number of hydrogen-bond acceptors (Lipinski definition) is 4. The number of halogens is 2. The molecule has 0 aliphatic carbocycles. The summed E-state index contributed by atoms with van der Waals surface area (Å²) >= 11 is 0. The van der Waals surface area contributed by atoms with Gasteiger partial charge in [-0.05, 0) is 73.6 Å². The number of aromatic nitrogens is 3. The number of nitrogens with zero attached hydrogens (tertiary/aromatic N) is 5.